The lowest BCUT2D eigenvalue weighted by Crippen LogP contribution is -2.37. The topological polar surface area (TPSA) is 76.1 Å². The molecule has 1 unspecified atom stereocenters. The van der Waals surface area contributed by atoms with Gasteiger partial charge >= 0.3 is 5.97 Å². The van der Waals surface area contributed by atoms with Crippen LogP contribution in [-0.4, -0.2) is 30.7 Å². The van der Waals surface area contributed by atoms with Gasteiger partial charge < -0.3 is 14.6 Å². The van der Waals surface area contributed by atoms with E-state index < -0.39 is 11.9 Å². The van der Waals surface area contributed by atoms with Crippen molar-refractivity contribution in [2.24, 2.45) is 0 Å². The minimum Gasteiger partial charge on any atom is -0.504 e. The van der Waals surface area contributed by atoms with E-state index in [1.807, 2.05) is 0 Å². The van der Waals surface area contributed by atoms with Crippen molar-refractivity contribution in [3.05, 3.63) is 64.3 Å². The highest BCUT2D eigenvalue weighted by molar-refractivity contribution is 6.31. The van der Waals surface area contributed by atoms with Crippen molar-refractivity contribution in [1.29, 1.82) is 0 Å². The van der Waals surface area contributed by atoms with Gasteiger partial charge in [0.25, 0.3) is 0 Å². The summed E-state index contributed by atoms with van der Waals surface area (Å²) in [6, 6.07) is 11.7. The zero-order valence-corrected chi connectivity index (χ0v) is 15.2. The molecule has 1 N–H and O–H groups in total. The lowest BCUT2D eigenvalue weighted by molar-refractivity contribution is -0.136. The maximum atomic E-state index is 13.0. The number of phenols is 1. The maximum Gasteiger partial charge on any atom is 0.336 e. The quantitative estimate of drug-likeness (QED) is 0.819. The molecule has 0 fully saturated rings. The summed E-state index contributed by atoms with van der Waals surface area (Å²) >= 11 is 6.07. The highest BCUT2D eigenvalue weighted by atomic mass is 35.5. The number of amides is 1. The fraction of sp³-hybridized carbons (Fsp3) is 0.200. The van der Waals surface area contributed by atoms with Gasteiger partial charge in [0.05, 0.1) is 24.1 Å². The summed E-state index contributed by atoms with van der Waals surface area (Å²) in [4.78, 5) is 26.9. The molecule has 0 spiro atoms. The van der Waals surface area contributed by atoms with Gasteiger partial charge in [0, 0.05) is 17.4 Å². The number of anilines is 1. The number of methoxy groups -OCH3 is 1. The summed E-state index contributed by atoms with van der Waals surface area (Å²) in [5.41, 5.74) is 2.27. The SMILES string of the molecule is COc1cc(C2CC(=O)N(c3cccc(Cl)c3)C3=C2C(=O)OC3)ccc1O. The Hall–Kier alpha value is -2.99. The van der Waals surface area contributed by atoms with E-state index in [9.17, 15) is 14.7 Å². The minimum absolute atomic E-state index is 0.00728. The van der Waals surface area contributed by atoms with Crippen molar-refractivity contribution in [1.82, 2.24) is 0 Å². The second kappa shape index (κ2) is 6.63. The number of aromatic hydroxyl groups is 1. The molecule has 2 heterocycles. The molecule has 1 amide bonds. The standard InChI is InChI=1S/C20H16ClNO5/c1-26-17-7-11(5-6-16(17)23)14-9-18(24)22(13-4-2-3-12(21)8-13)15-10-27-20(25)19(14)15/h2-8,14,23H,9-10H2,1H3. The Morgan fingerprint density at radius 3 is 2.78 bits per heavy atom. The van der Waals surface area contributed by atoms with Gasteiger partial charge in [-0.2, -0.15) is 0 Å². The Bertz CT molecular complexity index is 984. The summed E-state index contributed by atoms with van der Waals surface area (Å²) in [5.74, 6) is -0.793. The second-order valence-corrected chi connectivity index (χ2v) is 6.77. The molecule has 2 aliphatic rings. The number of benzene rings is 2. The van der Waals surface area contributed by atoms with E-state index in [0.29, 0.717) is 27.5 Å². The van der Waals surface area contributed by atoms with Gasteiger partial charge in [-0.1, -0.05) is 23.7 Å². The molecule has 4 rings (SSSR count). The first-order valence-corrected chi connectivity index (χ1v) is 8.73. The van der Waals surface area contributed by atoms with Gasteiger partial charge in [-0.05, 0) is 35.9 Å². The first kappa shape index (κ1) is 17.4. The first-order chi connectivity index (χ1) is 13.0. The lowest BCUT2D eigenvalue weighted by atomic mass is 9.84. The normalized spacial score (nSPS) is 19.2. The first-order valence-electron chi connectivity index (χ1n) is 8.35. The van der Waals surface area contributed by atoms with Crippen molar-refractivity contribution in [2.75, 3.05) is 18.6 Å². The average molecular weight is 386 g/mol. The molecular weight excluding hydrogens is 370 g/mol. The van der Waals surface area contributed by atoms with E-state index in [0.717, 1.165) is 0 Å². The minimum atomic E-state index is -0.465. The van der Waals surface area contributed by atoms with Gasteiger partial charge in [-0.15, -0.1) is 0 Å². The number of ether oxygens (including phenoxy) is 2. The molecular formula is C20H16ClNO5. The van der Waals surface area contributed by atoms with Crippen LogP contribution in [0.2, 0.25) is 5.02 Å². The third-order valence-electron chi connectivity index (χ3n) is 4.79. The maximum absolute atomic E-state index is 13.0. The number of nitrogens with zero attached hydrogens (tertiary/aromatic N) is 1. The lowest BCUT2D eigenvalue weighted by Gasteiger charge is -2.32. The van der Waals surface area contributed by atoms with Crippen LogP contribution in [0.25, 0.3) is 0 Å². The van der Waals surface area contributed by atoms with Crippen molar-refractivity contribution in [3.63, 3.8) is 0 Å². The predicted molar refractivity (Wildman–Crippen MR) is 98.9 cm³/mol. The molecule has 0 saturated carbocycles. The number of esters is 1. The predicted octanol–water partition coefficient (Wildman–Crippen LogP) is 3.39. The zero-order chi connectivity index (χ0) is 19.1. The fourth-order valence-electron chi connectivity index (χ4n) is 3.56. The molecule has 0 saturated heterocycles. The molecule has 138 valence electrons. The summed E-state index contributed by atoms with van der Waals surface area (Å²) in [6.07, 6.45) is 0.0916. The van der Waals surface area contributed by atoms with E-state index in [1.165, 1.54) is 18.1 Å². The summed E-state index contributed by atoms with van der Waals surface area (Å²) in [7, 11) is 1.44. The second-order valence-electron chi connectivity index (χ2n) is 6.33. The van der Waals surface area contributed by atoms with Gasteiger partial charge in [-0.25, -0.2) is 4.79 Å². The van der Waals surface area contributed by atoms with Crippen molar-refractivity contribution < 1.29 is 24.2 Å². The molecule has 0 aliphatic carbocycles. The number of phenolic OH excluding ortho intramolecular Hbond substituents is 1. The Kier molecular flexibility index (Phi) is 4.28. The van der Waals surface area contributed by atoms with E-state index in [-0.39, 0.29) is 30.4 Å². The van der Waals surface area contributed by atoms with Crippen LogP contribution in [0, 0.1) is 0 Å². The molecule has 1 atom stereocenters. The van der Waals surface area contributed by atoms with Gasteiger partial charge in [0.2, 0.25) is 5.91 Å². The zero-order valence-electron chi connectivity index (χ0n) is 14.4. The van der Waals surface area contributed by atoms with Crippen LogP contribution in [0.4, 0.5) is 5.69 Å². The van der Waals surface area contributed by atoms with Gasteiger partial charge in [-0.3, -0.25) is 9.69 Å². The molecule has 2 aliphatic heterocycles. The molecule has 2 aromatic carbocycles. The van der Waals surface area contributed by atoms with Gasteiger partial charge in [0.15, 0.2) is 11.5 Å². The number of halogens is 1. The highest BCUT2D eigenvalue weighted by Gasteiger charge is 2.43. The largest absolute Gasteiger partial charge is 0.504 e. The third kappa shape index (κ3) is 2.92. The summed E-state index contributed by atoms with van der Waals surface area (Å²) < 4.78 is 10.4. The summed E-state index contributed by atoms with van der Waals surface area (Å²) in [6.45, 7) is 0.0259. The van der Waals surface area contributed by atoms with Gasteiger partial charge in [0.1, 0.15) is 6.61 Å². The van der Waals surface area contributed by atoms with Crippen LogP contribution in [-0.2, 0) is 14.3 Å². The number of carbonyl (C=O) groups is 2. The average Bonchev–Trinajstić information content (AvgIpc) is 3.03. The van der Waals surface area contributed by atoms with E-state index in [2.05, 4.69) is 0 Å². The van der Waals surface area contributed by atoms with Crippen LogP contribution in [0.5, 0.6) is 11.5 Å². The van der Waals surface area contributed by atoms with E-state index in [4.69, 9.17) is 21.1 Å². The highest BCUT2D eigenvalue weighted by Crippen LogP contribution is 2.43. The molecule has 0 radical (unpaired) electrons. The van der Waals surface area contributed by atoms with E-state index in [1.54, 1.807) is 36.4 Å². The molecule has 27 heavy (non-hydrogen) atoms. The molecule has 0 bridgehead atoms. The van der Waals surface area contributed by atoms with Crippen molar-refractivity contribution in [3.8, 4) is 11.5 Å². The number of carbonyl (C=O) groups excluding carboxylic acids is 2. The van der Waals surface area contributed by atoms with Crippen molar-refractivity contribution in [2.45, 2.75) is 12.3 Å². The monoisotopic (exact) mass is 385 g/mol. The van der Waals surface area contributed by atoms with Crippen molar-refractivity contribution >= 4 is 29.2 Å². The number of cyclic esters (lactones) is 1. The van der Waals surface area contributed by atoms with Crippen LogP contribution in [0.15, 0.2) is 53.7 Å². The molecule has 6 nitrogen and oxygen atoms in total. The number of hydrogen-bond acceptors (Lipinski definition) is 5. The Balaban J connectivity index is 1.83. The number of rotatable bonds is 3. The molecule has 0 aromatic heterocycles. The molecule has 2 aromatic rings. The smallest absolute Gasteiger partial charge is 0.336 e. The third-order valence-corrected chi connectivity index (χ3v) is 5.02. The fourth-order valence-corrected chi connectivity index (χ4v) is 3.75. The Labute approximate surface area is 160 Å². The van der Waals surface area contributed by atoms with Crippen LogP contribution in [0.1, 0.15) is 17.9 Å². The summed E-state index contributed by atoms with van der Waals surface area (Å²) in [5, 5.41) is 10.3. The van der Waals surface area contributed by atoms with E-state index >= 15 is 0 Å². The van der Waals surface area contributed by atoms with Crippen LogP contribution < -0.4 is 9.64 Å². The Morgan fingerprint density at radius 1 is 1.22 bits per heavy atom. The number of hydrogen-bond donors (Lipinski definition) is 1. The van der Waals surface area contributed by atoms with Crippen LogP contribution in [0.3, 0.4) is 0 Å². The van der Waals surface area contributed by atoms with Crippen LogP contribution >= 0.6 is 11.6 Å². The molecule has 7 heteroatoms. The Morgan fingerprint density at radius 2 is 2.04 bits per heavy atom.